The summed E-state index contributed by atoms with van der Waals surface area (Å²) in [6.07, 6.45) is 2.22. The SMILES string of the molecule is COc1ccc(CC(=O)NC(N)=N[C@H](CCSC)C(=O)Nc2cc(S(N)(=O)=O)ccc2C)cc1OC. The van der Waals surface area contributed by atoms with Crippen molar-refractivity contribution in [2.24, 2.45) is 15.9 Å². The number of thioether (sulfide) groups is 1. The molecule has 196 valence electrons. The van der Waals surface area contributed by atoms with E-state index in [1.807, 2.05) is 6.26 Å². The second-order valence-corrected chi connectivity index (χ2v) is 10.3. The Morgan fingerprint density at radius 2 is 1.81 bits per heavy atom. The van der Waals surface area contributed by atoms with Crippen molar-refractivity contribution in [2.75, 3.05) is 31.5 Å². The molecule has 0 aliphatic rings. The standard InChI is InChI=1S/C23H31N5O6S2/c1-14-5-7-16(36(25,31)32)13-18(14)26-22(30)17(9-10-35-4)27-23(24)28-21(29)12-15-6-8-19(33-2)20(11-15)34-3/h5-8,11,13,17H,9-10,12H2,1-4H3,(H,26,30)(H2,25,31,32)(H3,24,27,28,29)/t17-/m1/s1. The number of anilines is 1. The number of hydrogen-bond acceptors (Lipinski definition) is 8. The van der Waals surface area contributed by atoms with E-state index in [9.17, 15) is 18.0 Å². The highest BCUT2D eigenvalue weighted by Gasteiger charge is 2.20. The number of carbonyl (C=O) groups excluding carboxylic acids is 2. The van der Waals surface area contributed by atoms with Crippen molar-refractivity contribution in [3.63, 3.8) is 0 Å². The normalized spacial score (nSPS) is 12.5. The average molecular weight is 538 g/mol. The van der Waals surface area contributed by atoms with Crippen molar-refractivity contribution in [3.05, 3.63) is 47.5 Å². The molecule has 0 bridgehead atoms. The van der Waals surface area contributed by atoms with Crippen LogP contribution in [0, 0.1) is 6.92 Å². The molecule has 2 amide bonds. The summed E-state index contributed by atoms with van der Waals surface area (Å²) in [5.41, 5.74) is 7.52. The van der Waals surface area contributed by atoms with Crippen molar-refractivity contribution in [2.45, 2.75) is 30.7 Å². The zero-order chi connectivity index (χ0) is 26.9. The van der Waals surface area contributed by atoms with Crippen LogP contribution in [0.25, 0.3) is 0 Å². The van der Waals surface area contributed by atoms with Crippen LogP contribution < -0.4 is 31.0 Å². The van der Waals surface area contributed by atoms with E-state index < -0.39 is 27.9 Å². The van der Waals surface area contributed by atoms with E-state index in [1.54, 1.807) is 25.1 Å². The molecular formula is C23H31N5O6S2. The Bertz CT molecular complexity index is 1230. The minimum absolute atomic E-state index is 0.00218. The molecule has 11 nitrogen and oxygen atoms in total. The first-order chi connectivity index (χ1) is 17.0. The van der Waals surface area contributed by atoms with Crippen molar-refractivity contribution in [1.29, 1.82) is 0 Å². The summed E-state index contributed by atoms with van der Waals surface area (Å²) in [5.74, 6) is 0.483. The number of guanidine groups is 1. The van der Waals surface area contributed by atoms with E-state index >= 15 is 0 Å². The fourth-order valence-corrected chi connectivity index (χ4v) is 4.17. The van der Waals surface area contributed by atoms with Gasteiger partial charge in [-0.3, -0.25) is 14.9 Å². The summed E-state index contributed by atoms with van der Waals surface area (Å²) in [6, 6.07) is 8.35. The van der Waals surface area contributed by atoms with E-state index in [0.717, 1.165) is 0 Å². The number of amides is 2. The number of ether oxygens (including phenoxy) is 2. The number of primary sulfonamides is 1. The van der Waals surface area contributed by atoms with Crippen LogP contribution in [0.5, 0.6) is 11.5 Å². The van der Waals surface area contributed by atoms with Crippen LogP contribution in [0.2, 0.25) is 0 Å². The summed E-state index contributed by atoms with van der Waals surface area (Å²) >= 11 is 1.52. The third kappa shape index (κ3) is 8.43. The monoisotopic (exact) mass is 537 g/mol. The molecule has 0 unspecified atom stereocenters. The first kappa shape index (κ1) is 28.9. The van der Waals surface area contributed by atoms with E-state index in [-0.39, 0.29) is 23.0 Å². The Morgan fingerprint density at radius 1 is 1.11 bits per heavy atom. The van der Waals surface area contributed by atoms with Crippen LogP contribution in [-0.2, 0) is 26.0 Å². The predicted octanol–water partition coefficient (Wildman–Crippen LogP) is 1.39. The smallest absolute Gasteiger partial charge is 0.249 e. The lowest BCUT2D eigenvalue weighted by molar-refractivity contribution is -0.119. The van der Waals surface area contributed by atoms with Gasteiger partial charge in [0, 0.05) is 5.69 Å². The minimum atomic E-state index is -3.94. The number of rotatable bonds is 11. The fraction of sp³-hybridized carbons (Fsp3) is 0.348. The first-order valence-corrected chi connectivity index (χ1v) is 13.7. The van der Waals surface area contributed by atoms with Crippen molar-refractivity contribution >= 4 is 45.2 Å². The number of nitrogens with one attached hydrogen (secondary N) is 2. The quantitative estimate of drug-likeness (QED) is 0.246. The van der Waals surface area contributed by atoms with Gasteiger partial charge < -0.3 is 20.5 Å². The van der Waals surface area contributed by atoms with Crippen LogP contribution >= 0.6 is 11.8 Å². The molecule has 0 fully saturated rings. The Morgan fingerprint density at radius 3 is 2.42 bits per heavy atom. The lowest BCUT2D eigenvalue weighted by atomic mass is 10.1. The lowest BCUT2D eigenvalue weighted by Crippen LogP contribution is -2.40. The second kappa shape index (κ2) is 13.1. The third-order valence-corrected chi connectivity index (χ3v) is 6.62. The molecule has 0 aliphatic carbocycles. The molecule has 2 aromatic carbocycles. The van der Waals surface area contributed by atoms with Gasteiger partial charge >= 0.3 is 0 Å². The largest absolute Gasteiger partial charge is 0.493 e. The molecule has 0 spiro atoms. The zero-order valence-electron chi connectivity index (χ0n) is 20.5. The maximum absolute atomic E-state index is 13.0. The molecule has 36 heavy (non-hydrogen) atoms. The van der Waals surface area contributed by atoms with Crippen LogP contribution in [-0.4, -0.2) is 58.5 Å². The highest BCUT2D eigenvalue weighted by atomic mass is 32.2. The van der Waals surface area contributed by atoms with E-state index in [2.05, 4.69) is 15.6 Å². The maximum atomic E-state index is 13.0. The Kier molecular flexibility index (Phi) is 10.6. The molecule has 0 saturated carbocycles. The third-order valence-electron chi connectivity index (χ3n) is 5.07. The molecule has 0 saturated heterocycles. The molecule has 1 atom stereocenters. The molecule has 13 heteroatoms. The van der Waals surface area contributed by atoms with E-state index in [4.69, 9.17) is 20.3 Å². The van der Waals surface area contributed by atoms with Crippen molar-refractivity contribution < 1.29 is 27.5 Å². The molecule has 2 aromatic rings. The number of sulfonamides is 1. The van der Waals surface area contributed by atoms with Crippen molar-refractivity contribution in [1.82, 2.24) is 5.32 Å². The molecule has 0 aromatic heterocycles. The zero-order valence-corrected chi connectivity index (χ0v) is 22.2. The molecule has 6 N–H and O–H groups in total. The molecular weight excluding hydrogens is 506 g/mol. The number of methoxy groups -OCH3 is 2. The topological polar surface area (TPSA) is 175 Å². The van der Waals surface area contributed by atoms with Gasteiger partial charge in [-0.2, -0.15) is 11.8 Å². The number of carbonyl (C=O) groups is 2. The highest BCUT2D eigenvalue weighted by molar-refractivity contribution is 7.98. The molecule has 0 aliphatic heterocycles. The summed E-state index contributed by atoms with van der Waals surface area (Å²) in [7, 11) is -0.928. The molecule has 0 heterocycles. The second-order valence-electron chi connectivity index (χ2n) is 7.74. The van der Waals surface area contributed by atoms with Gasteiger partial charge in [0.05, 0.1) is 25.5 Å². The highest BCUT2D eigenvalue weighted by Crippen LogP contribution is 2.27. The summed E-state index contributed by atoms with van der Waals surface area (Å²) in [6.45, 7) is 1.71. The Labute approximate surface area is 215 Å². The van der Waals surface area contributed by atoms with Crippen LogP contribution in [0.3, 0.4) is 0 Å². The molecule has 2 rings (SSSR count). The van der Waals surface area contributed by atoms with Gasteiger partial charge in [0.1, 0.15) is 6.04 Å². The first-order valence-electron chi connectivity index (χ1n) is 10.8. The van der Waals surface area contributed by atoms with E-state index in [1.165, 1.54) is 44.2 Å². The van der Waals surface area contributed by atoms with Crippen LogP contribution in [0.15, 0.2) is 46.3 Å². The Balaban J connectivity index is 2.15. The summed E-state index contributed by atoms with van der Waals surface area (Å²) < 4.78 is 33.8. The number of benzene rings is 2. The minimum Gasteiger partial charge on any atom is -0.493 e. The Hall–Kier alpha value is -3.29. The number of aryl methyl sites for hydroxylation is 1. The van der Waals surface area contributed by atoms with Gasteiger partial charge in [0.15, 0.2) is 17.5 Å². The lowest BCUT2D eigenvalue weighted by Gasteiger charge is -2.16. The summed E-state index contributed by atoms with van der Waals surface area (Å²) in [5, 5.41) is 10.4. The van der Waals surface area contributed by atoms with Crippen LogP contribution in [0.1, 0.15) is 17.5 Å². The number of nitrogens with two attached hydrogens (primary N) is 2. The van der Waals surface area contributed by atoms with Gasteiger partial charge in [-0.1, -0.05) is 12.1 Å². The van der Waals surface area contributed by atoms with Gasteiger partial charge in [-0.15, -0.1) is 0 Å². The van der Waals surface area contributed by atoms with Gasteiger partial charge in [-0.25, -0.2) is 18.5 Å². The molecule has 0 radical (unpaired) electrons. The number of hydrogen-bond donors (Lipinski definition) is 4. The number of aliphatic imine (C=N–C) groups is 1. The van der Waals surface area contributed by atoms with Gasteiger partial charge in [0.25, 0.3) is 0 Å². The predicted molar refractivity (Wildman–Crippen MR) is 141 cm³/mol. The van der Waals surface area contributed by atoms with Crippen LogP contribution in [0.4, 0.5) is 5.69 Å². The van der Waals surface area contributed by atoms with Crippen molar-refractivity contribution in [3.8, 4) is 11.5 Å². The maximum Gasteiger partial charge on any atom is 0.249 e. The number of nitrogens with zero attached hydrogens (tertiary/aromatic N) is 1. The average Bonchev–Trinajstić information content (AvgIpc) is 2.81. The summed E-state index contributed by atoms with van der Waals surface area (Å²) in [4.78, 5) is 29.5. The van der Waals surface area contributed by atoms with Gasteiger partial charge in [-0.05, 0) is 60.7 Å². The van der Waals surface area contributed by atoms with Gasteiger partial charge in [0.2, 0.25) is 21.8 Å². The fourth-order valence-electron chi connectivity index (χ4n) is 3.18. The van der Waals surface area contributed by atoms with E-state index in [0.29, 0.717) is 34.8 Å².